The van der Waals surface area contributed by atoms with Gasteiger partial charge < -0.3 is 16.0 Å². The summed E-state index contributed by atoms with van der Waals surface area (Å²) in [5, 5.41) is 3.05. The number of aromatic nitrogens is 2. The van der Waals surface area contributed by atoms with Crippen molar-refractivity contribution in [2.45, 2.75) is 33.6 Å². The van der Waals surface area contributed by atoms with Gasteiger partial charge in [0.15, 0.2) is 0 Å². The van der Waals surface area contributed by atoms with Gasteiger partial charge in [0, 0.05) is 25.6 Å². The third-order valence-electron chi connectivity index (χ3n) is 3.01. The van der Waals surface area contributed by atoms with E-state index in [2.05, 4.69) is 22.2 Å². The van der Waals surface area contributed by atoms with Crippen LogP contribution in [0.5, 0.6) is 0 Å². The molecule has 106 valence electrons. The zero-order valence-electron chi connectivity index (χ0n) is 12.2. The number of anilines is 2. The number of nitrogen functional groups attached to an aromatic ring is 1. The summed E-state index contributed by atoms with van der Waals surface area (Å²) in [4.78, 5) is 22.0. The van der Waals surface area contributed by atoms with E-state index in [1.165, 1.54) is 0 Å². The van der Waals surface area contributed by atoms with Crippen LogP contribution in [-0.4, -0.2) is 40.9 Å². The second kappa shape index (κ2) is 6.92. The minimum atomic E-state index is 0.0242. The highest BCUT2D eigenvalue weighted by atomic mass is 16.2. The first-order valence-electron chi connectivity index (χ1n) is 6.60. The highest BCUT2D eigenvalue weighted by Gasteiger charge is 2.11. The second-order valence-corrected chi connectivity index (χ2v) is 4.51. The standard InChI is InChI=1S/C13H23N5O/c1-5-7-10-16-12(14)9(3)13(17-10)15-8-11(19)18(4)6-2/h5-8H2,1-4H3,(H3,14,15,16,17). The fourth-order valence-electron chi connectivity index (χ4n) is 1.56. The smallest absolute Gasteiger partial charge is 0.241 e. The number of nitrogens with one attached hydrogen (secondary N) is 1. The maximum atomic E-state index is 11.7. The minimum absolute atomic E-state index is 0.0242. The molecule has 0 aliphatic heterocycles. The molecule has 0 saturated carbocycles. The quantitative estimate of drug-likeness (QED) is 0.807. The summed E-state index contributed by atoms with van der Waals surface area (Å²) in [6.45, 7) is 6.75. The number of carbonyl (C=O) groups is 1. The Morgan fingerprint density at radius 3 is 2.63 bits per heavy atom. The van der Waals surface area contributed by atoms with E-state index in [0.717, 1.165) is 18.4 Å². The molecule has 6 nitrogen and oxygen atoms in total. The van der Waals surface area contributed by atoms with Crippen LogP contribution >= 0.6 is 0 Å². The summed E-state index contributed by atoms with van der Waals surface area (Å²) in [5.41, 5.74) is 6.64. The summed E-state index contributed by atoms with van der Waals surface area (Å²) in [6.07, 6.45) is 1.74. The molecule has 19 heavy (non-hydrogen) atoms. The molecule has 0 unspecified atom stereocenters. The molecule has 0 spiro atoms. The van der Waals surface area contributed by atoms with Gasteiger partial charge in [-0.25, -0.2) is 9.97 Å². The summed E-state index contributed by atoms with van der Waals surface area (Å²) in [7, 11) is 1.77. The topological polar surface area (TPSA) is 84.1 Å². The fraction of sp³-hybridized carbons (Fsp3) is 0.615. The monoisotopic (exact) mass is 265 g/mol. The van der Waals surface area contributed by atoms with Crippen LogP contribution in [0, 0.1) is 6.92 Å². The SMILES string of the molecule is CCCc1nc(N)c(C)c(NCC(=O)N(C)CC)n1. The first kappa shape index (κ1) is 15.2. The summed E-state index contributed by atoms with van der Waals surface area (Å²) in [6, 6.07) is 0. The highest BCUT2D eigenvalue weighted by molar-refractivity contribution is 5.80. The van der Waals surface area contributed by atoms with E-state index < -0.39 is 0 Å². The Kier molecular flexibility index (Phi) is 5.54. The number of amides is 1. The molecule has 1 aromatic heterocycles. The largest absolute Gasteiger partial charge is 0.383 e. The highest BCUT2D eigenvalue weighted by Crippen LogP contribution is 2.17. The van der Waals surface area contributed by atoms with Crippen LogP contribution in [0.15, 0.2) is 0 Å². The number of rotatable bonds is 6. The summed E-state index contributed by atoms with van der Waals surface area (Å²) >= 11 is 0. The van der Waals surface area contributed by atoms with E-state index in [1.54, 1.807) is 11.9 Å². The van der Waals surface area contributed by atoms with Crippen LogP contribution in [0.4, 0.5) is 11.6 Å². The van der Waals surface area contributed by atoms with E-state index in [1.807, 2.05) is 13.8 Å². The van der Waals surface area contributed by atoms with Crippen molar-refractivity contribution in [3.63, 3.8) is 0 Å². The van der Waals surface area contributed by atoms with E-state index in [0.29, 0.717) is 24.0 Å². The Labute approximate surface area is 114 Å². The van der Waals surface area contributed by atoms with E-state index in [-0.39, 0.29) is 12.5 Å². The third-order valence-corrected chi connectivity index (χ3v) is 3.01. The van der Waals surface area contributed by atoms with Gasteiger partial charge >= 0.3 is 0 Å². The van der Waals surface area contributed by atoms with Gasteiger partial charge in [-0.3, -0.25) is 4.79 Å². The van der Waals surface area contributed by atoms with Crippen molar-refractivity contribution in [2.75, 3.05) is 31.2 Å². The maximum Gasteiger partial charge on any atom is 0.241 e. The molecule has 6 heteroatoms. The lowest BCUT2D eigenvalue weighted by Gasteiger charge is -2.16. The second-order valence-electron chi connectivity index (χ2n) is 4.51. The molecule has 1 heterocycles. The van der Waals surface area contributed by atoms with Crippen LogP contribution < -0.4 is 11.1 Å². The van der Waals surface area contributed by atoms with Gasteiger partial charge in [0.25, 0.3) is 0 Å². The average molecular weight is 265 g/mol. The van der Waals surface area contributed by atoms with E-state index in [4.69, 9.17) is 5.73 Å². The lowest BCUT2D eigenvalue weighted by atomic mass is 10.2. The lowest BCUT2D eigenvalue weighted by Crippen LogP contribution is -2.32. The van der Waals surface area contributed by atoms with Gasteiger partial charge in [0.2, 0.25) is 5.91 Å². The van der Waals surface area contributed by atoms with Crippen molar-refractivity contribution in [3.8, 4) is 0 Å². The van der Waals surface area contributed by atoms with Crippen molar-refractivity contribution in [3.05, 3.63) is 11.4 Å². The van der Waals surface area contributed by atoms with Gasteiger partial charge in [0.05, 0.1) is 6.54 Å². The molecule has 0 saturated heterocycles. The minimum Gasteiger partial charge on any atom is -0.383 e. The fourth-order valence-corrected chi connectivity index (χ4v) is 1.56. The van der Waals surface area contributed by atoms with Gasteiger partial charge in [-0.2, -0.15) is 0 Å². The summed E-state index contributed by atoms with van der Waals surface area (Å²) < 4.78 is 0. The molecule has 0 aromatic carbocycles. The number of carbonyl (C=O) groups excluding carboxylic acids is 1. The van der Waals surface area contributed by atoms with Crippen molar-refractivity contribution in [2.24, 2.45) is 0 Å². The van der Waals surface area contributed by atoms with Crippen molar-refractivity contribution >= 4 is 17.5 Å². The first-order chi connectivity index (χ1) is 8.99. The number of nitrogens with two attached hydrogens (primary N) is 1. The number of nitrogens with zero attached hydrogens (tertiary/aromatic N) is 3. The van der Waals surface area contributed by atoms with Gasteiger partial charge in [-0.05, 0) is 20.3 Å². The Morgan fingerprint density at radius 2 is 2.05 bits per heavy atom. The zero-order valence-corrected chi connectivity index (χ0v) is 12.2. The van der Waals surface area contributed by atoms with Crippen LogP contribution in [0.1, 0.15) is 31.7 Å². The third kappa shape index (κ3) is 4.08. The predicted octanol–water partition coefficient (Wildman–Crippen LogP) is 1.21. The normalized spacial score (nSPS) is 10.3. The Hall–Kier alpha value is -1.85. The van der Waals surface area contributed by atoms with Gasteiger partial charge in [0.1, 0.15) is 17.5 Å². The van der Waals surface area contributed by atoms with E-state index >= 15 is 0 Å². The van der Waals surface area contributed by atoms with Crippen LogP contribution in [0.3, 0.4) is 0 Å². The van der Waals surface area contributed by atoms with E-state index in [9.17, 15) is 4.79 Å². The zero-order chi connectivity index (χ0) is 14.4. The molecule has 0 atom stereocenters. The Balaban J connectivity index is 2.79. The number of likely N-dealkylation sites (N-methyl/N-ethyl adjacent to an activating group) is 1. The molecular weight excluding hydrogens is 242 g/mol. The molecule has 1 aromatic rings. The Morgan fingerprint density at radius 1 is 1.37 bits per heavy atom. The van der Waals surface area contributed by atoms with Crippen LogP contribution in [0.2, 0.25) is 0 Å². The molecule has 0 fully saturated rings. The molecule has 0 aliphatic rings. The van der Waals surface area contributed by atoms with Crippen LogP contribution in [-0.2, 0) is 11.2 Å². The number of hydrogen-bond acceptors (Lipinski definition) is 5. The lowest BCUT2D eigenvalue weighted by molar-refractivity contribution is -0.127. The molecule has 0 aliphatic carbocycles. The molecule has 0 radical (unpaired) electrons. The number of aryl methyl sites for hydroxylation is 1. The van der Waals surface area contributed by atoms with Crippen molar-refractivity contribution in [1.82, 2.24) is 14.9 Å². The number of hydrogen-bond donors (Lipinski definition) is 2. The Bertz CT molecular complexity index is 447. The first-order valence-corrected chi connectivity index (χ1v) is 6.60. The van der Waals surface area contributed by atoms with Crippen molar-refractivity contribution in [1.29, 1.82) is 0 Å². The average Bonchev–Trinajstić information content (AvgIpc) is 2.40. The van der Waals surface area contributed by atoms with Crippen LogP contribution in [0.25, 0.3) is 0 Å². The molecule has 1 rings (SSSR count). The summed E-state index contributed by atoms with van der Waals surface area (Å²) in [5.74, 6) is 1.85. The molecule has 0 bridgehead atoms. The molecular formula is C13H23N5O. The molecule has 1 amide bonds. The predicted molar refractivity (Wildman–Crippen MR) is 77.0 cm³/mol. The molecule has 3 N–H and O–H groups in total. The van der Waals surface area contributed by atoms with Crippen molar-refractivity contribution < 1.29 is 4.79 Å². The van der Waals surface area contributed by atoms with Gasteiger partial charge in [-0.1, -0.05) is 6.92 Å². The van der Waals surface area contributed by atoms with Gasteiger partial charge in [-0.15, -0.1) is 0 Å². The maximum absolute atomic E-state index is 11.7.